The Morgan fingerprint density at radius 2 is 2.06 bits per heavy atom. The molecule has 3 aromatic rings. The minimum Gasteiger partial charge on any atom is -0.491 e. The number of aryl methyl sites for hydroxylation is 2. The van der Waals surface area contributed by atoms with Crippen molar-refractivity contribution in [1.82, 2.24) is 19.1 Å². The number of rotatable bonds is 10. The number of H-pyrrole nitrogens is 1. The van der Waals surface area contributed by atoms with Crippen LogP contribution in [-0.4, -0.2) is 43.5 Å². The van der Waals surface area contributed by atoms with Gasteiger partial charge in [-0.1, -0.05) is 32.9 Å². The van der Waals surface area contributed by atoms with Gasteiger partial charge in [0.2, 0.25) is 5.95 Å². The van der Waals surface area contributed by atoms with Crippen molar-refractivity contribution in [2.45, 2.75) is 46.3 Å². The number of aliphatic hydroxyl groups excluding tert-OH is 1. The second kappa shape index (κ2) is 9.82. The predicted molar refractivity (Wildman–Crippen MR) is 121 cm³/mol. The van der Waals surface area contributed by atoms with E-state index < -0.39 is 17.4 Å². The Kier molecular flexibility index (Phi) is 7.17. The van der Waals surface area contributed by atoms with E-state index in [9.17, 15) is 14.7 Å². The van der Waals surface area contributed by atoms with E-state index in [2.05, 4.69) is 36.1 Å². The highest BCUT2D eigenvalue weighted by Crippen LogP contribution is 2.18. The van der Waals surface area contributed by atoms with Gasteiger partial charge in [-0.25, -0.2) is 4.79 Å². The molecule has 0 aliphatic carbocycles. The third-order valence-corrected chi connectivity index (χ3v) is 5.15. The molecule has 3 N–H and O–H groups in total. The van der Waals surface area contributed by atoms with Crippen molar-refractivity contribution in [2.24, 2.45) is 13.0 Å². The number of fused-ring (bicyclic) bond motifs is 1. The largest absolute Gasteiger partial charge is 0.491 e. The molecule has 0 aliphatic rings. The van der Waals surface area contributed by atoms with Crippen LogP contribution in [0.15, 0.2) is 33.9 Å². The highest BCUT2D eigenvalue weighted by atomic mass is 16.5. The molecular weight excluding hydrogens is 398 g/mol. The third kappa shape index (κ3) is 5.35. The Hall–Kier alpha value is -3.07. The molecule has 1 aromatic carbocycles. The van der Waals surface area contributed by atoms with E-state index in [0.29, 0.717) is 24.2 Å². The Balaban J connectivity index is 1.85. The number of nitrogens with one attached hydrogen (secondary N) is 2. The third-order valence-electron chi connectivity index (χ3n) is 5.15. The Morgan fingerprint density at radius 1 is 1.29 bits per heavy atom. The molecule has 3 rings (SSSR count). The minimum atomic E-state index is -0.884. The minimum absolute atomic E-state index is 0.0575. The molecule has 0 radical (unpaired) electrons. The molecule has 1 atom stereocenters. The van der Waals surface area contributed by atoms with Crippen LogP contribution in [0.1, 0.15) is 32.8 Å². The van der Waals surface area contributed by atoms with Crippen molar-refractivity contribution in [1.29, 1.82) is 0 Å². The van der Waals surface area contributed by atoms with Gasteiger partial charge in [-0.2, -0.15) is 4.98 Å². The van der Waals surface area contributed by atoms with E-state index in [0.717, 1.165) is 18.4 Å². The average Bonchev–Trinajstić information content (AvgIpc) is 3.09. The van der Waals surface area contributed by atoms with Gasteiger partial charge < -0.3 is 19.7 Å². The van der Waals surface area contributed by atoms with E-state index in [1.807, 2.05) is 24.3 Å². The van der Waals surface area contributed by atoms with Crippen molar-refractivity contribution < 1.29 is 9.84 Å². The zero-order chi connectivity index (χ0) is 22.5. The lowest BCUT2D eigenvalue weighted by molar-refractivity contribution is 0.0938. The van der Waals surface area contributed by atoms with E-state index in [4.69, 9.17) is 4.74 Å². The van der Waals surface area contributed by atoms with E-state index in [1.165, 1.54) is 4.57 Å². The molecule has 0 amide bonds. The number of benzene rings is 1. The Bertz CT molecular complexity index is 1140. The summed E-state index contributed by atoms with van der Waals surface area (Å²) in [6.45, 7) is 7.11. The topological polar surface area (TPSA) is 114 Å². The van der Waals surface area contributed by atoms with Crippen molar-refractivity contribution >= 4 is 17.1 Å². The van der Waals surface area contributed by atoms with Crippen LogP contribution in [0.3, 0.4) is 0 Å². The van der Waals surface area contributed by atoms with Crippen LogP contribution in [0, 0.1) is 5.92 Å². The first kappa shape index (κ1) is 22.6. The summed E-state index contributed by atoms with van der Waals surface area (Å²) >= 11 is 0. The summed E-state index contributed by atoms with van der Waals surface area (Å²) in [6, 6.07) is 7.73. The van der Waals surface area contributed by atoms with Gasteiger partial charge in [-0.3, -0.25) is 14.3 Å². The summed E-state index contributed by atoms with van der Waals surface area (Å²) in [6.07, 6.45) is 0.927. The Labute approximate surface area is 180 Å². The van der Waals surface area contributed by atoms with Crippen molar-refractivity contribution in [3.63, 3.8) is 0 Å². The lowest BCUT2D eigenvalue weighted by Crippen LogP contribution is -2.31. The molecule has 0 saturated heterocycles. The van der Waals surface area contributed by atoms with Crippen LogP contribution >= 0.6 is 0 Å². The molecule has 9 heteroatoms. The predicted octanol–water partition coefficient (Wildman–Crippen LogP) is 1.88. The molecule has 168 valence electrons. The molecule has 0 spiro atoms. The summed E-state index contributed by atoms with van der Waals surface area (Å²) < 4.78 is 8.66. The number of ether oxygens (including phenoxy) is 1. The van der Waals surface area contributed by atoms with Gasteiger partial charge in [0.1, 0.15) is 18.5 Å². The van der Waals surface area contributed by atoms with Gasteiger partial charge in [0.05, 0.1) is 6.54 Å². The SMILES string of the molecule is CCc1cccc(OCC(O)Cn2c(NCCC(C)C)nc3c2c(=O)[nH]c(=O)n3C)c1. The fourth-order valence-corrected chi connectivity index (χ4v) is 3.33. The normalized spacial score (nSPS) is 12.5. The van der Waals surface area contributed by atoms with Crippen LogP contribution in [0.5, 0.6) is 5.75 Å². The number of aromatic nitrogens is 4. The molecule has 0 aliphatic heterocycles. The molecule has 1 unspecified atom stereocenters. The smallest absolute Gasteiger partial charge is 0.329 e. The molecule has 9 nitrogen and oxygen atoms in total. The fourth-order valence-electron chi connectivity index (χ4n) is 3.33. The van der Waals surface area contributed by atoms with Gasteiger partial charge in [-0.15, -0.1) is 0 Å². The maximum atomic E-state index is 12.5. The highest BCUT2D eigenvalue weighted by molar-refractivity contribution is 5.74. The highest BCUT2D eigenvalue weighted by Gasteiger charge is 2.20. The lowest BCUT2D eigenvalue weighted by Gasteiger charge is -2.16. The molecule has 0 bridgehead atoms. The summed E-state index contributed by atoms with van der Waals surface area (Å²) in [5.41, 5.74) is 0.587. The van der Waals surface area contributed by atoms with Crippen LogP contribution in [0.4, 0.5) is 5.95 Å². The zero-order valence-corrected chi connectivity index (χ0v) is 18.5. The van der Waals surface area contributed by atoms with Gasteiger partial charge in [0.15, 0.2) is 11.2 Å². The number of nitrogens with zero attached hydrogens (tertiary/aromatic N) is 3. The van der Waals surface area contributed by atoms with Gasteiger partial charge in [-0.05, 0) is 36.5 Å². The van der Waals surface area contributed by atoms with Gasteiger partial charge >= 0.3 is 5.69 Å². The van der Waals surface area contributed by atoms with Crippen LogP contribution in [-0.2, 0) is 20.0 Å². The molecule has 0 saturated carbocycles. The number of aliphatic hydroxyl groups is 1. The lowest BCUT2D eigenvalue weighted by atomic mass is 10.1. The maximum Gasteiger partial charge on any atom is 0.329 e. The van der Waals surface area contributed by atoms with Crippen LogP contribution in [0.25, 0.3) is 11.2 Å². The summed E-state index contributed by atoms with van der Waals surface area (Å²) in [5.74, 6) is 1.62. The average molecular weight is 430 g/mol. The van der Waals surface area contributed by atoms with Crippen molar-refractivity contribution in [2.75, 3.05) is 18.5 Å². The van der Waals surface area contributed by atoms with Crippen LogP contribution in [0.2, 0.25) is 0 Å². The first-order valence-electron chi connectivity index (χ1n) is 10.6. The van der Waals surface area contributed by atoms with Crippen molar-refractivity contribution in [3.8, 4) is 5.75 Å². The van der Waals surface area contributed by atoms with Gasteiger partial charge in [0, 0.05) is 13.6 Å². The van der Waals surface area contributed by atoms with Gasteiger partial charge in [0.25, 0.3) is 5.56 Å². The Morgan fingerprint density at radius 3 is 2.77 bits per heavy atom. The fraction of sp³-hybridized carbons (Fsp3) is 0.500. The number of hydrogen-bond donors (Lipinski definition) is 3. The molecule has 2 aromatic heterocycles. The monoisotopic (exact) mass is 429 g/mol. The maximum absolute atomic E-state index is 12.5. The molecule has 0 fully saturated rings. The number of anilines is 1. The van der Waals surface area contributed by atoms with E-state index >= 15 is 0 Å². The summed E-state index contributed by atoms with van der Waals surface area (Å²) in [5, 5.41) is 13.9. The molecule has 2 heterocycles. The number of imidazole rings is 1. The van der Waals surface area contributed by atoms with Crippen molar-refractivity contribution in [3.05, 3.63) is 50.7 Å². The molecule has 31 heavy (non-hydrogen) atoms. The van der Waals surface area contributed by atoms with Crippen LogP contribution < -0.4 is 21.3 Å². The van der Waals surface area contributed by atoms with E-state index in [1.54, 1.807) is 11.6 Å². The quantitative estimate of drug-likeness (QED) is 0.453. The summed E-state index contributed by atoms with van der Waals surface area (Å²) in [7, 11) is 1.55. The second-order valence-electron chi connectivity index (χ2n) is 8.11. The first-order valence-corrected chi connectivity index (χ1v) is 10.6. The number of hydrogen-bond acceptors (Lipinski definition) is 6. The number of aromatic amines is 1. The zero-order valence-electron chi connectivity index (χ0n) is 18.5. The standard InChI is InChI=1S/C22H31N5O4/c1-5-15-7-6-8-17(11-15)31-13-16(28)12-27-18-19(26(4)22(30)25-20(18)29)24-21(27)23-10-9-14(2)3/h6-8,11,14,16,28H,5,9-10,12-13H2,1-4H3,(H,23,24)(H,25,29,30). The summed E-state index contributed by atoms with van der Waals surface area (Å²) in [4.78, 5) is 31.3. The molecular formula is C22H31N5O4. The van der Waals surface area contributed by atoms with E-state index in [-0.39, 0.29) is 24.3 Å². The second-order valence-corrected chi connectivity index (χ2v) is 8.11. The first-order chi connectivity index (χ1) is 14.8.